The molecule has 1 aromatic rings. The number of primary amides is 1. The summed E-state index contributed by atoms with van der Waals surface area (Å²) in [6, 6.07) is 8.82. The van der Waals surface area contributed by atoms with Crippen LogP contribution in [0.1, 0.15) is 75.2 Å². The second kappa shape index (κ2) is 8.45. The van der Waals surface area contributed by atoms with Crippen molar-refractivity contribution < 1.29 is 14.7 Å². The lowest BCUT2D eigenvalue weighted by atomic mass is 9.84. The molecule has 2 heterocycles. The molecule has 2 aliphatic heterocycles. The van der Waals surface area contributed by atoms with Crippen LogP contribution >= 0.6 is 0 Å². The van der Waals surface area contributed by atoms with Crippen LogP contribution in [0.4, 0.5) is 0 Å². The van der Waals surface area contributed by atoms with E-state index in [4.69, 9.17) is 5.73 Å². The smallest absolute Gasteiger partial charge is 0.248 e. The summed E-state index contributed by atoms with van der Waals surface area (Å²) in [6.45, 7) is 11.0. The first-order chi connectivity index (χ1) is 15.1. The van der Waals surface area contributed by atoms with Gasteiger partial charge in [-0.1, -0.05) is 39.8 Å². The zero-order chi connectivity index (χ0) is 23.3. The lowest BCUT2D eigenvalue weighted by Crippen LogP contribution is -2.47. The molecule has 0 aromatic heterocycles. The number of hydrogen-bond acceptors (Lipinski definition) is 4. The van der Waals surface area contributed by atoms with E-state index < -0.39 is 6.61 Å². The largest absolute Gasteiger partial charge is 0.387 e. The molecule has 32 heavy (non-hydrogen) atoms. The van der Waals surface area contributed by atoms with Crippen molar-refractivity contribution in [3.05, 3.63) is 35.4 Å². The number of hydrogen-bond donors (Lipinski definition) is 2. The Hall–Kier alpha value is -1.92. The van der Waals surface area contributed by atoms with Gasteiger partial charge in [0.25, 0.3) is 0 Å². The van der Waals surface area contributed by atoms with Crippen LogP contribution in [0.3, 0.4) is 0 Å². The van der Waals surface area contributed by atoms with Gasteiger partial charge in [-0.2, -0.15) is 0 Å². The second-order valence-corrected chi connectivity index (χ2v) is 11.3. The Kier molecular flexibility index (Phi) is 6.14. The van der Waals surface area contributed by atoms with E-state index in [9.17, 15) is 14.7 Å². The van der Waals surface area contributed by atoms with E-state index in [1.807, 2.05) is 17.0 Å². The van der Waals surface area contributed by atoms with Gasteiger partial charge in [0.05, 0.1) is 0 Å². The van der Waals surface area contributed by atoms with Gasteiger partial charge in [-0.15, -0.1) is 0 Å². The molecule has 1 unspecified atom stereocenters. The van der Waals surface area contributed by atoms with Gasteiger partial charge in [0.2, 0.25) is 11.8 Å². The first kappa shape index (κ1) is 23.2. The van der Waals surface area contributed by atoms with Crippen molar-refractivity contribution in [2.75, 3.05) is 26.2 Å². The first-order valence-electron chi connectivity index (χ1n) is 12.1. The number of aliphatic hydroxyl groups excluding tert-OH is 1. The van der Waals surface area contributed by atoms with Crippen LogP contribution in [-0.4, -0.2) is 65.0 Å². The standard InChI is InChI=1S/C26H39N3O3/c1-25(2)22(26(25,3)4)15-28(23(31)16-30)10-11-29-20-8-9-21(29)14-19(13-20)17-6-5-7-18(12-17)24(27)32/h5-7,12,19-22,30H,8-11,13-16H2,1-4H3,(H2,27,32)/t19?,20-,21+. The number of fused-ring (bicyclic) bond motifs is 2. The predicted molar refractivity (Wildman–Crippen MR) is 125 cm³/mol. The third-order valence-corrected chi connectivity index (χ3v) is 9.37. The van der Waals surface area contributed by atoms with Gasteiger partial charge >= 0.3 is 0 Å². The van der Waals surface area contributed by atoms with Crippen LogP contribution in [0, 0.1) is 16.7 Å². The molecule has 2 bridgehead atoms. The molecule has 3 atom stereocenters. The predicted octanol–water partition coefficient (Wildman–Crippen LogP) is 3.00. The Balaban J connectivity index is 1.38. The fraction of sp³-hybridized carbons (Fsp3) is 0.692. The Morgan fingerprint density at radius 2 is 1.75 bits per heavy atom. The van der Waals surface area contributed by atoms with Crippen LogP contribution < -0.4 is 5.73 Å². The first-order valence-corrected chi connectivity index (χ1v) is 12.1. The number of benzene rings is 1. The number of piperidine rings is 1. The molecule has 4 rings (SSSR count). The fourth-order valence-corrected chi connectivity index (χ4v) is 6.52. The van der Waals surface area contributed by atoms with Gasteiger partial charge in [0.15, 0.2) is 0 Å². The second-order valence-electron chi connectivity index (χ2n) is 11.3. The van der Waals surface area contributed by atoms with E-state index in [-0.39, 0.29) is 22.6 Å². The molecular formula is C26H39N3O3. The molecule has 6 heteroatoms. The lowest BCUT2D eigenvalue weighted by Gasteiger charge is -2.40. The van der Waals surface area contributed by atoms with Crippen molar-refractivity contribution in [2.45, 2.75) is 71.4 Å². The fourth-order valence-electron chi connectivity index (χ4n) is 6.52. The molecule has 3 aliphatic rings. The normalized spacial score (nSPS) is 28.5. The van der Waals surface area contributed by atoms with E-state index >= 15 is 0 Å². The Morgan fingerprint density at radius 3 is 2.28 bits per heavy atom. The van der Waals surface area contributed by atoms with Crippen molar-refractivity contribution in [1.82, 2.24) is 9.80 Å². The molecule has 3 N–H and O–H groups in total. The summed E-state index contributed by atoms with van der Waals surface area (Å²) in [5.74, 6) is 0.383. The summed E-state index contributed by atoms with van der Waals surface area (Å²) in [6.07, 6.45) is 4.53. The van der Waals surface area contributed by atoms with E-state index in [2.05, 4.69) is 38.7 Å². The maximum absolute atomic E-state index is 12.5. The molecule has 0 spiro atoms. The number of nitrogens with two attached hydrogens (primary N) is 1. The average Bonchev–Trinajstić information content (AvgIpc) is 3.02. The van der Waals surface area contributed by atoms with E-state index in [1.165, 1.54) is 18.4 Å². The highest BCUT2D eigenvalue weighted by Crippen LogP contribution is 2.68. The van der Waals surface area contributed by atoms with Crippen LogP contribution in [0.25, 0.3) is 0 Å². The number of amides is 2. The van der Waals surface area contributed by atoms with Crippen molar-refractivity contribution >= 4 is 11.8 Å². The SMILES string of the molecule is CC1(C)C(CN(CCN2[C@@H]3CC[C@H]2CC(c2cccc(C(N)=O)c2)C3)C(=O)CO)C1(C)C. The maximum Gasteiger partial charge on any atom is 0.248 e. The summed E-state index contributed by atoms with van der Waals surface area (Å²) in [5.41, 5.74) is 7.72. The highest BCUT2D eigenvalue weighted by Gasteiger charge is 2.64. The average molecular weight is 442 g/mol. The third kappa shape index (κ3) is 4.08. The van der Waals surface area contributed by atoms with Crippen molar-refractivity contribution in [3.63, 3.8) is 0 Å². The minimum atomic E-state index is -0.418. The molecule has 0 radical (unpaired) electrons. The van der Waals surface area contributed by atoms with E-state index in [0.29, 0.717) is 36.0 Å². The molecule has 176 valence electrons. The number of carbonyl (C=O) groups is 2. The molecule has 6 nitrogen and oxygen atoms in total. The van der Waals surface area contributed by atoms with Gasteiger partial charge in [-0.25, -0.2) is 0 Å². The highest BCUT2D eigenvalue weighted by atomic mass is 16.3. The van der Waals surface area contributed by atoms with E-state index in [1.54, 1.807) is 6.07 Å². The zero-order valence-electron chi connectivity index (χ0n) is 20.0. The molecular weight excluding hydrogens is 402 g/mol. The lowest BCUT2D eigenvalue weighted by molar-refractivity contribution is -0.135. The van der Waals surface area contributed by atoms with Crippen LogP contribution in [0.2, 0.25) is 0 Å². The van der Waals surface area contributed by atoms with Gasteiger partial charge in [0, 0.05) is 37.3 Å². The minimum absolute atomic E-state index is 0.158. The molecule has 2 amide bonds. The molecule has 1 aliphatic carbocycles. The van der Waals surface area contributed by atoms with Gasteiger partial charge < -0.3 is 15.7 Å². The van der Waals surface area contributed by atoms with Gasteiger partial charge in [-0.05, 0) is 66.0 Å². The Labute approximate surface area is 192 Å². The molecule has 2 saturated heterocycles. The molecule has 1 aromatic carbocycles. The van der Waals surface area contributed by atoms with Crippen molar-refractivity contribution in [3.8, 4) is 0 Å². The molecule has 3 fully saturated rings. The van der Waals surface area contributed by atoms with E-state index in [0.717, 1.165) is 25.9 Å². The van der Waals surface area contributed by atoms with Crippen LogP contribution in [0.15, 0.2) is 24.3 Å². The number of aliphatic hydroxyl groups is 1. The summed E-state index contributed by atoms with van der Waals surface area (Å²) in [5, 5.41) is 9.54. The quantitative estimate of drug-likeness (QED) is 0.649. The molecule has 1 saturated carbocycles. The third-order valence-electron chi connectivity index (χ3n) is 9.37. The summed E-state index contributed by atoms with van der Waals surface area (Å²) in [7, 11) is 0. The zero-order valence-corrected chi connectivity index (χ0v) is 20.0. The summed E-state index contributed by atoms with van der Waals surface area (Å²) in [4.78, 5) is 28.6. The maximum atomic E-state index is 12.5. The monoisotopic (exact) mass is 441 g/mol. The van der Waals surface area contributed by atoms with Crippen molar-refractivity contribution in [1.29, 1.82) is 0 Å². The van der Waals surface area contributed by atoms with Crippen LogP contribution in [-0.2, 0) is 4.79 Å². The van der Waals surface area contributed by atoms with Crippen LogP contribution in [0.5, 0.6) is 0 Å². The Morgan fingerprint density at radius 1 is 1.12 bits per heavy atom. The number of rotatable bonds is 8. The van der Waals surface area contributed by atoms with Crippen molar-refractivity contribution in [2.24, 2.45) is 22.5 Å². The van der Waals surface area contributed by atoms with Gasteiger partial charge in [-0.3, -0.25) is 14.5 Å². The summed E-state index contributed by atoms with van der Waals surface area (Å²) >= 11 is 0. The Bertz CT molecular complexity index is 853. The van der Waals surface area contributed by atoms with Gasteiger partial charge in [0.1, 0.15) is 6.61 Å². The number of carbonyl (C=O) groups excluding carboxylic acids is 2. The minimum Gasteiger partial charge on any atom is -0.387 e. The highest BCUT2D eigenvalue weighted by molar-refractivity contribution is 5.92. The topological polar surface area (TPSA) is 86.9 Å². The number of nitrogens with zero attached hydrogens (tertiary/aromatic N) is 2. The summed E-state index contributed by atoms with van der Waals surface area (Å²) < 4.78 is 0.